The highest BCUT2D eigenvalue weighted by Gasteiger charge is 2.15. The number of benzene rings is 2. The van der Waals surface area contributed by atoms with E-state index in [1.54, 1.807) is 24.1 Å². The Hall–Kier alpha value is -2.49. The zero-order valence-electron chi connectivity index (χ0n) is 12.4. The summed E-state index contributed by atoms with van der Waals surface area (Å²) in [6.45, 7) is 3.17. The van der Waals surface area contributed by atoms with E-state index in [4.69, 9.17) is 10.5 Å². The first-order chi connectivity index (χ1) is 10.1. The normalized spacial score (nSPS) is 10.2. The third-order valence-electron chi connectivity index (χ3n) is 3.34. The summed E-state index contributed by atoms with van der Waals surface area (Å²) in [5, 5.41) is 0. The van der Waals surface area contributed by atoms with Gasteiger partial charge in [-0.2, -0.15) is 0 Å². The molecule has 0 atom stereocenters. The Labute approximate surface area is 125 Å². The molecule has 0 unspecified atom stereocenters. The average Bonchev–Trinajstić information content (AvgIpc) is 2.53. The van der Waals surface area contributed by atoms with Gasteiger partial charge in [0.25, 0.3) is 5.91 Å². The van der Waals surface area contributed by atoms with Gasteiger partial charge in [0.1, 0.15) is 5.75 Å². The molecule has 0 spiro atoms. The van der Waals surface area contributed by atoms with Gasteiger partial charge in [0, 0.05) is 24.3 Å². The van der Waals surface area contributed by atoms with Crippen molar-refractivity contribution in [3.63, 3.8) is 0 Å². The van der Waals surface area contributed by atoms with Crippen molar-refractivity contribution < 1.29 is 9.53 Å². The molecule has 0 aliphatic heterocycles. The zero-order valence-corrected chi connectivity index (χ0v) is 12.4. The largest absolute Gasteiger partial charge is 0.497 e. The van der Waals surface area contributed by atoms with Crippen LogP contribution in [0.1, 0.15) is 22.8 Å². The van der Waals surface area contributed by atoms with E-state index in [0.717, 1.165) is 11.3 Å². The Morgan fingerprint density at radius 2 is 1.90 bits per heavy atom. The number of rotatable bonds is 5. The van der Waals surface area contributed by atoms with Gasteiger partial charge < -0.3 is 15.4 Å². The number of carbonyl (C=O) groups excluding carboxylic acids is 1. The molecular weight excluding hydrogens is 264 g/mol. The summed E-state index contributed by atoms with van der Waals surface area (Å²) in [6, 6.07) is 14.8. The minimum Gasteiger partial charge on any atom is -0.497 e. The number of ether oxygens (including phenoxy) is 1. The molecule has 2 aromatic rings. The Kier molecular flexibility index (Phi) is 4.82. The topological polar surface area (TPSA) is 55.6 Å². The molecule has 2 N–H and O–H groups in total. The van der Waals surface area contributed by atoms with Gasteiger partial charge in [-0.15, -0.1) is 0 Å². The van der Waals surface area contributed by atoms with Crippen LogP contribution in [-0.2, 0) is 6.54 Å². The molecule has 4 nitrogen and oxygen atoms in total. The van der Waals surface area contributed by atoms with E-state index in [9.17, 15) is 4.79 Å². The fourth-order valence-corrected chi connectivity index (χ4v) is 2.11. The van der Waals surface area contributed by atoms with E-state index < -0.39 is 0 Å². The van der Waals surface area contributed by atoms with Crippen molar-refractivity contribution in [2.75, 3.05) is 19.4 Å². The maximum Gasteiger partial charge on any atom is 0.254 e. The predicted octanol–water partition coefficient (Wildman–Crippen LogP) is 2.94. The number of nitrogens with two attached hydrogens (primary N) is 1. The molecule has 0 aromatic heterocycles. The van der Waals surface area contributed by atoms with Crippen LogP contribution < -0.4 is 10.5 Å². The maximum atomic E-state index is 12.6. The fourth-order valence-electron chi connectivity index (χ4n) is 2.11. The monoisotopic (exact) mass is 284 g/mol. The smallest absolute Gasteiger partial charge is 0.254 e. The van der Waals surface area contributed by atoms with Gasteiger partial charge in [0.2, 0.25) is 0 Å². The van der Waals surface area contributed by atoms with Crippen molar-refractivity contribution in [2.24, 2.45) is 0 Å². The second-order valence-electron chi connectivity index (χ2n) is 4.79. The molecule has 2 aromatic carbocycles. The van der Waals surface area contributed by atoms with E-state index in [-0.39, 0.29) is 5.91 Å². The molecule has 21 heavy (non-hydrogen) atoms. The standard InChI is InChI=1S/C17H20N2O2/c1-3-19(12-13-7-9-15(18)10-8-13)17(20)14-5-4-6-16(11-14)21-2/h4-11H,3,12,18H2,1-2H3. The number of hydrogen-bond donors (Lipinski definition) is 1. The molecule has 0 radical (unpaired) electrons. The summed E-state index contributed by atoms with van der Waals surface area (Å²) in [5.41, 5.74) is 8.09. The number of carbonyl (C=O) groups is 1. The molecule has 0 bridgehead atoms. The van der Waals surface area contributed by atoms with Crippen molar-refractivity contribution in [1.82, 2.24) is 4.90 Å². The van der Waals surface area contributed by atoms with E-state index >= 15 is 0 Å². The highest BCUT2D eigenvalue weighted by molar-refractivity contribution is 5.94. The first kappa shape index (κ1) is 14.9. The fraction of sp³-hybridized carbons (Fsp3) is 0.235. The SMILES string of the molecule is CCN(Cc1ccc(N)cc1)C(=O)c1cccc(OC)c1. The first-order valence-corrected chi connectivity index (χ1v) is 6.91. The number of nitrogens with zero attached hydrogens (tertiary/aromatic N) is 1. The Morgan fingerprint density at radius 1 is 1.19 bits per heavy atom. The lowest BCUT2D eigenvalue weighted by molar-refractivity contribution is 0.0752. The van der Waals surface area contributed by atoms with Gasteiger partial charge >= 0.3 is 0 Å². The van der Waals surface area contributed by atoms with E-state index in [2.05, 4.69) is 0 Å². The minimum absolute atomic E-state index is 0.00627. The van der Waals surface area contributed by atoms with Crippen LogP contribution in [0.4, 0.5) is 5.69 Å². The molecule has 1 amide bonds. The van der Waals surface area contributed by atoms with Crippen LogP contribution in [0.3, 0.4) is 0 Å². The van der Waals surface area contributed by atoms with E-state index in [0.29, 0.717) is 24.4 Å². The van der Waals surface area contributed by atoms with Gasteiger partial charge in [-0.1, -0.05) is 18.2 Å². The van der Waals surface area contributed by atoms with Crippen LogP contribution in [0.2, 0.25) is 0 Å². The number of amides is 1. The highest BCUT2D eigenvalue weighted by atomic mass is 16.5. The second-order valence-corrected chi connectivity index (χ2v) is 4.79. The van der Waals surface area contributed by atoms with Crippen molar-refractivity contribution in [1.29, 1.82) is 0 Å². The minimum atomic E-state index is -0.00627. The summed E-state index contributed by atoms with van der Waals surface area (Å²) in [7, 11) is 1.59. The summed E-state index contributed by atoms with van der Waals surface area (Å²) in [4.78, 5) is 14.4. The van der Waals surface area contributed by atoms with E-state index in [1.165, 1.54) is 0 Å². The summed E-state index contributed by atoms with van der Waals surface area (Å²) >= 11 is 0. The molecule has 0 saturated heterocycles. The molecular formula is C17H20N2O2. The Bertz CT molecular complexity index is 608. The zero-order chi connectivity index (χ0) is 15.2. The van der Waals surface area contributed by atoms with Gasteiger partial charge in [0.15, 0.2) is 0 Å². The Balaban J connectivity index is 2.16. The lowest BCUT2D eigenvalue weighted by Gasteiger charge is -2.21. The summed E-state index contributed by atoms with van der Waals surface area (Å²) in [5.74, 6) is 0.678. The molecule has 0 aliphatic rings. The van der Waals surface area contributed by atoms with Crippen LogP contribution in [0.5, 0.6) is 5.75 Å². The predicted molar refractivity (Wildman–Crippen MR) is 84.3 cm³/mol. The van der Waals surface area contributed by atoms with Crippen molar-refractivity contribution in [3.8, 4) is 5.75 Å². The first-order valence-electron chi connectivity index (χ1n) is 6.91. The number of methoxy groups -OCH3 is 1. The summed E-state index contributed by atoms with van der Waals surface area (Å²) < 4.78 is 5.17. The van der Waals surface area contributed by atoms with Crippen molar-refractivity contribution >= 4 is 11.6 Å². The molecule has 0 saturated carbocycles. The third-order valence-corrected chi connectivity index (χ3v) is 3.34. The molecule has 110 valence electrons. The van der Waals surface area contributed by atoms with Crippen molar-refractivity contribution in [3.05, 3.63) is 59.7 Å². The third kappa shape index (κ3) is 3.75. The van der Waals surface area contributed by atoms with Crippen LogP contribution in [0.15, 0.2) is 48.5 Å². The lowest BCUT2D eigenvalue weighted by atomic mass is 10.1. The van der Waals surface area contributed by atoms with Crippen LogP contribution in [-0.4, -0.2) is 24.5 Å². The molecule has 0 fully saturated rings. The Morgan fingerprint density at radius 3 is 2.52 bits per heavy atom. The van der Waals surface area contributed by atoms with Crippen LogP contribution in [0.25, 0.3) is 0 Å². The van der Waals surface area contributed by atoms with Gasteiger partial charge in [-0.05, 0) is 42.8 Å². The highest BCUT2D eigenvalue weighted by Crippen LogP contribution is 2.16. The average molecular weight is 284 g/mol. The van der Waals surface area contributed by atoms with Gasteiger partial charge in [0.05, 0.1) is 7.11 Å². The van der Waals surface area contributed by atoms with Gasteiger partial charge in [-0.25, -0.2) is 0 Å². The molecule has 4 heteroatoms. The van der Waals surface area contributed by atoms with E-state index in [1.807, 2.05) is 43.3 Å². The molecule has 2 rings (SSSR count). The molecule has 0 aliphatic carbocycles. The van der Waals surface area contributed by atoms with Crippen molar-refractivity contribution in [2.45, 2.75) is 13.5 Å². The maximum absolute atomic E-state index is 12.6. The second kappa shape index (κ2) is 6.79. The quantitative estimate of drug-likeness (QED) is 0.859. The lowest BCUT2D eigenvalue weighted by Crippen LogP contribution is -2.30. The number of nitrogen functional groups attached to an aromatic ring is 1. The van der Waals surface area contributed by atoms with Gasteiger partial charge in [-0.3, -0.25) is 4.79 Å². The van der Waals surface area contributed by atoms with Crippen LogP contribution >= 0.6 is 0 Å². The van der Waals surface area contributed by atoms with Crippen LogP contribution in [0, 0.1) is 0 Å². The summed E-state index contributed by atoms with van der Waals surface area (Å²) in [6.07, 6.45) is 0. The number of anilines is 1. The molecule has 0 heterocycles. The number of hydrogen-bond acceptors (Lipinski definition) is 3.